The Morgan fingerprint density at radius 3 is 2.38 bits per heavy atom. The second-order valence-corrected chi connectivity index (χ2v) is 5.56. The van der Waals surface area contributed by atoms with Crippen molar-refractivity contribution in [2.75, 3.05) is 13.1 Å². The van der Waals surface area contributed by atoms with Crippen molar-refractivity contribution in [2.45, 2.75) is 40.0 Å². The molecule has 0 heterocycles. The van der Waals surface area contributed by atoms with Crippen LogP contribution in [0.4, 0.5) is 0 Å². The fourth-order valence-electron chi connectivity index (χ4n) is 2.16. The molecule has 0 aliphatic rings. The molecule has 1 unspecified atom stereocenters. The third-order valence-corrected chi connectivity index (χ3v) is 3.51. The molecule has 0 spiro atoms. The van der Waals surface area contributed by atoms with Gasteiger partial charge in [-0.25, -0.2) is 0 Å². The number of hydrogen-bond donors (Lipinski definition) is 1. The number of benzene rings is 1. The van der Waals surface area contributed by atoms with Crippen molar-refractivity contribution in [1.29, 1.82) is 0 Å². The number of amides is 1. The van der Waals surface area contributed by atoms with Crippen molar-refractivity contribution in [1.82, 2.24) is 4.90 Å². The zero-order chi connectivity index (χ0) is 15.8. The van der Waals surface area contributed by atoms with Gasteiger partial charge in [-0.15, -0.1) is 0 Å². The highest BCUT2D eigenvalue weighted by atomic mass is 16.4. The molecule has 0 aliphatic carbocycles. The van der Waals surface area contributed by atoms with Gasteiger partial charge in [-0.2, -0.15) is 0 Å². The van der Waals surface area contributed by atoms with Crippen LogP contribution in [0, 0.1) is 12.8 Å². The predicted molar refractivity (Wildman–Crippen MR) is 83.2 cm³/mol. The lowest BCUT2D eigenvalue weighted by Crippen LogP contribution is -2.37. The van der Waals surface area contributed by atoms with E-state index in [-0.39, 0.29) is 12.5 Å². The molecular formula is C17H25NO3. The van der Waals surface area contributed by atoms with Crippen molar-refractivity contribution in [2.24, 2.45) is 5.92 Å². The first-order valence-electron chi connectivity index (χ1n) is 7.50. The Balaban J connectivity index is 2.56. The van der Waals surface area contributed by atoms with Crippen LogP contribution in [0.3, 0.4) is 0 Å². The van der Waals surface area contributed by atoms with Crippen LogP contribution in [0.25, 0.3) is 0 Å². The van der Waals surface area contributed by atoms with E-state index in [9.17, 15) is 9.59 Å². The van der Waals surface area contributed by atoms with Gasteiger partial charge in [0.2, 0.25) is 5.91 Å². The van der Waals surface area contributed by atoms with Gasteiger partial charge in [0.05, 0.1) is 5.92 Å². The summed E-state index contributed by atoms with van der Waals surface area (Å²) in [6.45, 7) is 6.56. The number of carbonyl (C=O) groups is 2. The minimum atomic E-state index is -0.859. The van der Waals surface area contributed by atoms with Crippen LogP contribution in [0.1, 0.15) is 37.8 Å². The summed E-state index contributed by atoms with van der Waals surface area (Å²) in [5.74, 6) is -1.35. The zero-order valence-corrected chi connectivity index (χ0v) is 13.1. The first kappa shape index (κ1) is 17.2. The fraction of sp³-hybridized carbons (Fsp3) is 0.529. The molecule has 0 saturated carbocycles. The van der Waals surface area contributed by atoms with Crippen LogP contribution < -0.4 is 0 Å². The van der Waals surface area contributed by atoms with Gasteiger partial charge in [-0.3, -0.25) is 9.59 Å². The van der Waals surface area contributed by atoms with Crippen molar-refractivity contribution in [3.05, 3.63) is 35.4 Å². The summed E-state index contributed by atoms with van der Waals surface area (Å²) in [7, 11) is 0. The Labute approximate surface area is 126 Å². The van der Waals surface area contributed by atoms with Crippen LogP contribution in [0.2, 0.25) is 0 Å². The summed E-state index contributed by atoms with van der Waals surface area (Å²) in [4.78, 5) is 24.9. The van der Waals surface area contributed by atoms with Gasteiger partial charge in [0.15, 0.2) is 0 Å². The molecule has 1 atom stereocenters. The van der Waals surface area contributed by atoms with E-state index in [2.05, 4.69) is 0 Å². The van der Waals surface area contributed by atoms with E-state index in [4.69, 9.17) is 5.11 Å². The molecule has 0 aliphatic heterocycles. The first-order chi connectivity index (χ1) is 9.93. The van der Waals surface area contributed by atoms with Crippen molar-refractivity contribution in [3.63, 3.8) is 0 Å². The number of rotatable bonds is 8. The number of carbonyl (C=O) groups excluding carboxylic acids is 1. The van der Waals surface area contributed by atoms with Crippen LogP contribution >= 0.6 is 0 Å². The average Bonchev–Trinajstić information content (AvgIpc) is 2.45. The van der Waals surface area contributed by atoms with Gasteiger partial charge in [-0.1, -0.05) is 43.7 Å². The molecule has 4 nitrogen and oxygen atoms in total. The number of nitrogens with zero attached hydrogens (tertiary/aromatic N) is 1. The smallest absolute Gasteiger partial charge is 0.308 e. The summed E-state index contributed by atoms with van der Waals surface area (Å²) in [5.41, 5.74) is 2.34. The van der Waals surface area contributed by atoms with Crippen LogP contribution in [0.5, 0.6) is 0 Å². The number of aliphatic carboxylic acids is 1. The van der Waals surface area contributed by atoms with Crippen LogP contribution in [0.15, 0.2) is 24.3 Å². The van der Waals surface area contributed by atoms with Gasteiger partial charge in [0.1, 0.15) is 0 Å². The van der Waals surface area contributed by atoms with E-state index in [1.54, 1.807) is 11.8 Å². The molecule has 1 N–H and O–H groups in total. The van der Waals surface area contributed by atoms with Gasteiger partial charge >= 0.3 is 5.97 Å². The molecule has 116 valence electrons. The van der Waals surface area contributed by atoms with E-state index < -0.39 is 11.9 Å². The van der Waals surface area contributed by atoms with Crippen LogP contribution in [-0.4, -0.2) is 35.0 Å². The summed E-state index contributed by atoms with van der Waals surface area (Å²) < 4.78 is 0. The largest absolute Gasteiger partial charge is 0.481 e. The Bertz CT molecular complexity index is 467. The number of carboxylic acid groups (broad SMARTS) is 1. The highest BCUT2D eigenvalue weighted by Gasteiger charge is 2.19. The van der Waals surface area contributed by atoms with Crippen molar-refractivity contribution < 1.29 is 14.7 Å². The minimum Gasteiger partial charge on any atom is -0.481 e. The van der Waals surface area contributed by atoms with Gasteiger partial charge in [0, 0.05) is 19.5 Å². The lowest BCUT2D eigenvalue weighted by Gasteiger charge is -2.24. The van der Waals surface area contributed by atoms with E-state index in [0.29, 0.717) is 19.4 Å². The number of hydrogen-bond acceptors (Lipinski definition) is 2. The van der Waals surface area contributed by atoms with E-state index in [1.807, 2.05) is 38.1 Å². The summed E-state index contributed by atoms with van der Waals surface area (Å²) in [6.07, 6.45) is 1.96. The monoisotopic (exact) mass is 291 g/mol. The molecule has 0 aromatic heterocycles. The molecule has 4 heteroatoms. The summed E-state index contributed by atoms with van der Waals surface area (Å²) in [5, 5.41) is 8.98. The van der Waals surface area contributed by atoms with Crippen molar-refractivity contribution in [3.8, 4) is 0 Å². The van der Waals surface area contributed by atoms with E-state index in [1.165, 1.54) is 5.56 Å². The zero-order valence-electron chi connectivity index (χ0n) is 13.1. The lowest BCUT2D eigenvalue weighted by molar-refractivity contribution is -0.143. The highest BCUT2D eigenvalue weighted by molar-refractivity contribution is 5.77. The first-order valence-corrected chi connectivity index (χ1v) is 7.50. The second-order valence-electron chi connectivity index (χ2n) is 5.56. The fourth-order valence-corrected chi connectivity index (χ4v) is 2.16. The maximum absolute atomic E-state index is 12.3. The molecular weight excluding hydrogens is 266 g/mol. The Kier molecular flexibility index (Phi) is 6.92. The van der Waals surface area contributed by atoms with Gasteiger partial charge in [-0.05, 0) is 25.3 Å². The predicted octanol–water partition coefficient (Wildman–Crippen LogP) is 2.89. The average molecular weight is 291 g/mol. The van der Waals surface area contributed by atoms with Gasteiger partial charge in [0.25, 0.3) is 0 Å². The Morgan fingerprint density at radius 1 is 1.24 bits per heavy atom. The SMILES string of the molecule is CCCN(CC(C)C(=O)O)C(=O)CCc1ccc(C)cc1. The molecule has 21 heavy (non-hydrogen) atoms. The quantitative estimate of drug-likeness (QED) is 0.801. The molecule has 1 aromatic carbocycles. The molecule has 1 aromatic rings. The topological polar surface area (TPSA) is 57.6 Å². The highest BCUT2D eigenvalue weighted by Crippen LogP contribution is 2.09. The number of aryl methyl sites for hydroxylation is 2. The minimum absolute atomic E-state index is 0.0329. The normalized spacial score (nSPS) is 12.0. The maximum Gasteiger partial charge on any atom is 0.308 e. The van der Waals surface area contributed by atoms with Gasteiger partial charge < -0.3 is 10.0 Å². The molecule has 0 radical (unpaired) electrons. The third kappa shape index (κ3) is 5.98. The Morgan fingerprint density at radius 2 is 1.86 bits per heavy atom. The maximum atomic E-state index is 12.3. The number of carboxylic acids is 1. The molecule has 0 fully saturated rings. The lowest BCUT2D eigenvalue weighted by atomic mass is 10.1. The Hall–Kier alpha value is -1.84. The summed E-state index contributed by atoms with van der Waals surface area (Å²) >= 11 is 0. The molecule has 1 rings (SSSR count). The third-order valence-electron chi connectivity index (χ3n) is 3.51. The second kappa shape index (κ2) is 8.45. The van der Waals surface area contributed by atoms with E-state index in [0.717, 1.165) is 12.0 Å². The molecule has 0 bridgehead atoms. The van der Waals surface area contributed by atoms with E-state index >= 15 is 0 Å². The van der Waals surface area contributed by atoms with Crippen LogP contribution in [-0.2, 0) is 16.0 Å². The molecule has 1 amide bonds. The van der Waals surface area contributed by atoms with Crippen molar-refractivity contribution >= 4 is 11.9 Å². The summed E-state index contributed by atoms with van der Waals surface area (Å²) in [6, 6.07) is 8.14. The molecule has 0 saturated heterocycles. The standard InChI is InChI=1S/C17H25NO3/c1-4-11-18(12-14(3)17(20)21)16(19)10-9-15-7-5-13(2)6-8-15/h5-8,14H,4,9-12H2,1-3H3,(H,20,21).